The first kappa shape index (κ1) is 16.5. The zero-order valence-electron chi connectivity index (χ0n) is 14.3. The van der Waals surface area contributed by atoms with Crippen molar-refractivity contribution in [1.29, 1.82) is 0 Å². The number of aliphatic hydroxyl groups is 1. The molecule has 0 bridgehead atoms. The molecule has 1 aliphatic carbocycles. The fourth-order valence-corrected chi connectivity index (χ4v) is 3.76. The monoisotopic (exact) mass is 288 g/mol. The van der Waals surface area contributed by atoms with Gasteiger partial charge in [0.2, 0.25) is 0 Å². The molecule has 1 N–H and O–H groups in total. The van der Waals surface area contributed by atoms with Gasteiger partial charge in [0.05, 0.1) is 5.60 Å². The van der Waals surface area contributed by atoms with Crippen LogP contribution in [0.3, 0.4) is 0 Å². The first-order chi connectivity index (χ1) is 9.91. The molecule has 0 unspecified atom stereocenters. The van der Waals surface area contributed by atoms with Crippen LogP contribution in [-0.2, 0) is 12.0 Å². The molecule has 1 heteroatoms. The van der Waals surface area contributed by atoms with Crippen LogP contribution < -0.4 is 0 Å². The summed E-state index contributed by atoms with van der Waals surface area (Å²) in [5, 5.41) is 11.1. The van der Waals surface area contributed by atoms with E-state index in [-0.39, 0.29) is 0 Å². The van der Waals surface area contributed by atoms with E-state index in [9.17, 15) is 5.11 Å². The maximum Gasteiger partial charge on any atom is 0.0896 e. The first-order valence-electron chi connectivity index (χ1n) is 8.73. The molecule has 1 fully saturated rings. The van der Waals surface area contributed by atoms with Gasteiger partial charge in [-0.1, -0.05) is 64.8 Å². The molecule has 2 rings (SSSR count). The molecule has 1 aromatic carbocycles. The summed E-state index contributed by atoms with van der Waals surface area (Å²) < 4.78 is 0. The molecule has 0 aliphatic heterocycles. The Morgan fingerprint density at radius 1 is 1.19 bits per heavy atom. The molecule has 0 atom stereocenters. The third kappa shape index (κ3) is 3.69. The number of hydrogen-bond donors (Lipinski definition) is 1. The van der Waals surface area contributed by atoms with Crippen molar-refractivity contribution in [3.8, 4) is 0 Å². The third-order valence-electron chi connectivity index (χ3n) is 5.83. The molecule has 0 saturated heterocycles. The lowest BCUT2D eigenvalue weighted by Crippen LogP contribution is -2.36. The standard InChI is InChI=1S/C20H32O/c1-5-8-16-9-7-10-18(15-16)20(21)13-11-17(12-14-20)19(3,4)6-2/h7,9-10,15,17,21H,5-6,8,11-14H2,1-4H3. The number of hydrogen-bond acceptors (Lipinski definition) is 1. The highest BCUT2D eigenvalue weighted by molar-refractivity contribution is 5.29. The molecule has 21 heavy (non-hydrogen) atoms. The molecule has 1 aromatic rings. The summed E-state index contributed by atoms with van der Waals surface area (Å²) in [6.07, 6.45) is 7.62. The molecule has 0 spiro atoms. The van der Waals surface area contributed by atoms with Crippen molar-refractivity contribution < 1.29 is 5.11 Å². The van der Waals surface area contributed by atoms with Gasteiger partial charge in [0.15, 0.2) is 0 Å². The molecular weight excluding hydrogens is 256 g/mol. The van der Waals surface area contributed by atoms with Crippen molar-refractivity contribution >= 4 is 0 Å². The number of aryl methyl sites for hydroxylation is 1. The van der Waals surface area contributed by atoms with Gasteiger partial charge in [-0.2, -0.15) is 0 Å². The fraction of sp³-hybridized carbons (Fsp3) is 0.700. The summed E-state index contributed by atoms with van der Waals surface area (Å²) in [6, 6.07) is 8.64. The Balaban J connectivity index is 2.10. The molecular formula is C20H32O. The minimum absolute atomic E-state index is 0.408. The Morgan fingerprint density at radius 3 is 2.43 bits per heavy atom. The minimum Gasteiger partial charge on any atom is -0.385 e. The molecule has 0 heterocycles. The summed E-state index contributed by atoms with van der Waals surface area (Å²) in [5.41, 5.74) is 2.32. The van der Waals surface area contributed by atoms with Crippen molar-refractivity contribution in [2.75, 3.05) is 0 Å². The predicted octanol–water partition coefficient (Wildman–Crippen LogP) is 5.45. The summed E-state index contributed by atoms with van der Waals surface area (Å²) >= 11 is 0. The molecule has 118 valence electrons. The van der Waals surface area contributed by atoms with Crippen molar-refractivity contribution in [2.24, 2.45) is 11.3 Å². The zero-order valence-corrected chi connectivity index (χ0v) is 14.3. The van der Waals surface area contributed by atoms with E-state index in [1.165, 1.54) is 12.0 Å². The highest BCUT2D eigenvalue weighted by Crippen LogP contribution is 2.46. The van der Waals surface area contributed by atoms with Gasteiger partial charge in [-0.15, -0.1) is 0 Å². The van der Waals surface area contributed by atoms with Gasteiger partial charge in [0, 0.05) is 0 Å². The van der Waals surface area contributed by atoms with Crippen LogP contribution in [0, 0.1) is 11.3 Å². The molecule has 0 amide bonds. The van der Waals surface area contributed by atoms with Gasteiger partial charge in [-0.3, -0.25) is 0 Å². The van der Waals surface area contributed by atoms with Crippen LogP contribution in [0.4, 0.5) is 0 Å². The van der Waals surface area contributed by atoms with Crippen LogP contribution >= 0.6 is 0 Å². The second-order valence-corrected chi connectivity index (χ2v) is 7.60. The van der Waals surface area contributed by atoms with E-state index in [1.807, 2.05) is 0 Å². The average Bonchev–Trinajstić information content (AvgIpc) is 2.48. The van der Waals surface area contributed by atoms with Gasteiger partial charge in [-0.05, 0) is 54.6 Å². The van der Waals surface area contributed by atoms with Crippen LogP contribution in [-0.4, -0.2) is 5.11 Å². The zero-order chi connectivity index (χ0) is 15.5. The lowest BCUT2D eigenvalue weighted by Gasteiger charge is -2.43. The van der Waals surface area contributed by atoms with Crippen LogP contribution in [0.25, 0.3) is 0 Å². The Hall–Kier alpha value is -0.820. The summed E-state index contributed by atoms with van der Waals surface area (Å²) in [4.78, 5) is 0. The minimum atomic E-state index is -0.593. The Bertz CT molecular complexity index is 453. The lowest BCUT2D eigenvalue weighted by molar-refractivity contribution is -0.0328. The van der Waals surface area contributed by atoms with Crippen molar-refractivity contribution in [3.05, 3.63) is 35.4 Å². The molecule has 1 nitrogen and oxygen atoms in total. The van der Waals surface area contributed by atoms with Crippen molar-refractivity contribution in [1.82, 2.24) is 0 Å². The highest BCUT2D eigenvalue weighted by Gasteiger charge is 2.39. The number of rotatable bonds is 5. The summed E-state index contributed by atoms with van der Waals surface area (Å²) in [6.45, 7) is 9.25. The van der Waals surface area contributed by atoms with Crippen LogP contribution in [0.2, 0.25) is 0 Å². The second kappa shape index (κ2) is 6.52. The topological polar surface area (TPSA) is 20.2 Å². The van der Waals surface area contributed by atoms with Gasteiger partial charge in [0.1, 0.15) is 0 Å². The molecule has 1 aliphatic rings. The molecule has 1 saturated carbocycles. The smallest absolute Gasteiger partial charge is 0.0896 e. The van der Waals surface area contributed by atoms with Crippen LogP contribution in [0.1, 0.15) is 77.3 Å². The normalized spacial score (nSPS) is 26.8. The van der Waals surface area contributed by atoms with E-state index < -0.39 is 5.60 Å². The Kier molecular flexibility index (Phi) is 5.14. The fourth-order valence-electron chi connectivity index (χ4n) is 3.76. The van der Waals surface area contributed by atoms with E-state index in [0.29, 0.717) is 5.41 Å². The highest BCUT2D eigenvalue weighted by atomic mass is 16.3. The Morgan fingerprint density at radius 2 is 1.86 bits per heavy atom. The predicted molar refractivity (Wildman–Crippen MR) is 90.4 cm³/mol. The first-order valence-corrected chi connectivity index (χ1v) is 8.73. The maximum absolute atomic E-state index is 11.1. The number of benzene rings is 1. The largest absolute Gasteiger partial charge is 0.385 e. The average molecular weight is 288 g/mol. The molecule has 0 radical (unpaired) electrons. The van der Waals surface area contributed by atoms with Crippen molar-refractivity contribution in [3.63, 3.8) is 0 Å². The van der Waals surface area contributed by atoms with Gasteiger partial charge in [-0.25, -0.2) is 0 Å². The van der Waals surface area contributed by atoms with E-state index >= 15 is 0 Å². The summed E-state index contributed by atoms with van der Waals surface area (Å²) in [5.74, 6) is 0.751. The van der Waals surface area contributed by atoms with Gasteiger partial charge in [0.25, 0.3) is 0 Å². The van der Waals surface area contributed by atoms with E-state index in [0.717, 1.165) is 50.0 Å². The van der Waals surface area contributed by atoms with Crippen molar-refractivity contribution in [2.45, 2.75) is 78.2 Å². The van der Waals surface area contributed by atoms with Crippen LogP contribution in [0.5, 0.6) is 0 Å². The van der Waals surface area contributed by atoms with Gasteiger partial charge < -0.3 is 5.11 Å². The SMILES string of the molecule is CCCc1cccc(C2(O)CCC(C(C)(C)CC)CC2)c1. The molecule has 0 aromatic heterocycles. The van der Waals surface area contributed by atoms with E-state index in [1.54, 1.807) is 0 Å². The lowest BCUT2D eigenvalue weighted by atomic mass is 9.65. The maximum atomic E-state index is 11.1. The Labute approximate surface area is 130 Å². The third-order valence-corrected chi connectivity index (χ3v) is 5.83. The second-order valence-electron chi connectivity index (χ2n) is 7.60. The quantitative estimate of drug-likeness (QED) is 0.763. The van der Waals surface area contributed by atoms with Gasteiger partial charge >= 0.3 is 0 Å². The van der Waals surface area contributed by atoms with E-state index in [2.05, 4.69) is 52.0 Å². The summed E-state index contributed by atoms with van der Waals surface area (Å²) in [7, 11) is 0. The van der Waals surface area contributed by atoms with Crippen LogP contribution in [0.15, 0.2) is 24.3 Å². The van der Waals surface area contributed by atoms with E-state index in [4.69, 9.17) is 0 Å².